The van der Waals surface area contributed by atoms with Gasteiger partial charge in [0.25, 0.3) is 0 Å². The highest BCUT2D eigenvalue weighted by atomic mass is 19.1. The summed E-state index contributed by atoms with van der Waals surface area (Å²) >= 11 is 0. The fourth-order valence-electron chi connectivity index (χ4n) is 5.04. The van der Waals surface area contributed by atoms with Gasteiger partial charge in [0.2, 0.25) is 5.91 Å². The van der Waals surface area contributed by atoms with Crippen molar-refractivity contribution >= 4 is 17.3 Å². The average molecular weight is 346 g/mol. The quantitative estimate of drug-likeness (QED) is 0.779. The number of rotatable bonds is 1. The number of amides is 1. The van der Waals surface area contributed by atoms with Gasteiger partial charge in [-0.25, -0.2) is 4.39 Å². The number of nitrogens with zero attached hydrogens (tertiary/aromatic N) is 2. The van der Waals surface area contributed by atoms with E-state index in [4.69, 9.17) is 4.74 Å². The lowest BCUT2D eigenvalue weighted by Gasteiger charge is -2.37. The maximum atomic E-state index is 15.2. The molecule has 1 spiro atoms. The Bertz CT molecular complexity index is 689. The zero-order chi connectivity index (χ0) is 17.8. The van der Waals surface area contributed by atoms with Crippen molar-refractivity contribution < 1.29 is 13.9 Å². The van der Waals surface area contributed by atoms with Crippen LogP contribution in [0.3, 0.4) is 0 Å². The van der Waals surface area contributed by atoms with Gasteiger partial charge in [-0.1, -0.05) is 19.3 Å². The third-order valence-corrected chi connectivity index (χ3v) is 6.10. The maximum absolute atomic E-state index is 15.2. The minimum Gasteiger partial charge on any atom is -0.372 e. The summed E-state index contributed by atoms with van der Waals surface area (Å²) in [7, 11) is 1.79. The zero-order valence-electron chi connectivity index (χ0n) is 15.3. The Morgan fingerprint density at radius 1 is 1.12 bits per heavy atom. The summed E-state index contributed by atoms with van der Waals surface area (Å²) in [5.41, 5.74) is 1.62. The van der Waals surface area contributed by atoms with E-state index in [-0.39, 0.29) is 23.9 Å². The molecule has 1 aromatic rings. The van der Waals surface area contributed by atoms with Crippen LogP contribution in [0.15, 0.2) is 12.1 Å². The first-order valence-electron chi connectivity index (χ1n) is 9.45. The van der Waals surface area contributed by atoms with Crippen molar-refractivity contribution in [2.24, 2.45) is 0 Å². The zero-order valence-corrected chi connectivity index (χ0v) is 15.3. The molecule has 0 unspecified atom stereocenters. The highest BCUT2D eigenvalue weighted by molar-refractivity contribution is 6.08. The Morgan fingerprint density at radius 2 is 1.76 bits per heavy atom. The molecule has 0 N–H and O–H groups in total. The van der Waals surface area contributed by atoms with Crippen LogP contribution >= 0.6 is 0 Å². The third-order valence-electron chi connectivity index (χ3n) is 6.10. The maximum Gasteiger partial charge on any atom is 0.237 e. The minimum absolute atomic E-state index is 0.0713. The van der Waals surface area contributed by atoms with Crippen molar-refractivity contribution in [2.45, 2.75) is 63.6 Å². The number of halogens is 1. The Morgan fingerprint density at radius 3 is 2.40 bits per heavy atom. The second kappa shape index (κ2) is 5.97. The SMILES string of the molecule is C[C@@H]1CN(c2cc(F)c3c(c2)N(C)C(=O)C32CCCCC2)C[C@H](C)O1. The number of ether oxygens (including phenoxy) is 1. The number of anilines is 2. The van der Waals surface area contributed by atoms with Crippen LogP contribution in [-0.4, -0.2) is 38.3 Å². The molecule has 4 rings (SSSR count). The van der Waals surface area contributed by atoms with Crippen LogP contribution in [0.5, 0.6) is 0 Å². The van der Waals surface area contributed by atoms with Gasteiger partial charge in [0.1, 0.15) is 5.82 Å². The number of fused-ring (bicyclic) bond motifs is 2. The summed E-state index contributed by atoms with van der Waals surface area (Å²) in [6, 6.07) is 3.64. The molecule has 5 heteroatoms. The summed E-state index contributed by atoms with van der Waals surface area (Å²) in [6.45, 7) is 5.56. The van der Waals surface area contributed by atoms with Gasteiger partial charge in [0, 0.05) is 31.4 Å². The van der Waals surface area contributed by atoms with E-state index in [1.807, 2.05) is 19.9 Å². The highest BCUT2D eigenvalue weighted by Gasteiger charge is 2.51. The van der Waals surface area contributed by atoms with E-state index >= 15 is 4.39 Å². The molecule has 2 aliphatic heterocycles. The van der Waals surface area contributed by atoms with Gasteiger partial charge in [0.05, 0.1) is 23.3 Å². The van der Waals surface area contributed by atoms with Crippen LogP contribution in [0.1, 0.15) is 51.5 Å². The summed E-state index contributed by atoms with van der Waals surface area (Å²) in [4.78, 5) is 16.9. The van der Waals surface area contributed by atoms with Gasteiger partial charge < -0.3 is 14.5 Å². The number of carbonyl (C=O) groups excluding carboxylic acids is 1. The molecule has 1 saturated carbocycles. The molecule has 1 saturated heterocycles. The number of hydrogen-bond acceptors (Lipinski definition) is 3. The van der Waals surface area contributed by atoms with E-state index in [0.717, 1.165) is 56.6 Å². The molecule has 2 heterocycles. The van der Waals surface area contributed by atoms with E-state index in [1.54, 1.807) is 18.0 Å². The van der Waals surface area contributed by atoms with Crippen LogP contribution in [-0.2, 0) is 14.9 Å². The van der Waals surface area contributed by atoms with Crippen LogP contribution < -0.4 is 9.80 Å². The molecule has 1 aliphatic carbocycles. The number of benzene rings is 1. The number of hydrogen-bond donors (Lipinski definition) is 0. The first kappa shape index (κ1) is 16.8. The van der Waals surface area contributed by atoms with Crippen LogP contribution in [0, 0.1) is 5.82 Å². The van der Waals surface area contributed by atoms with E-state index in [0.29, 0.717) is 5.56 Å². The largest absolute Gasteiger partial charge is 0.372 e. The molecule has 136 valence electrons. The van der Waals surface area contributed by atoms with Gasteiger partial charge in [-0.3, -0.25) is 4.79 Å². The molecule has 2 fully saturated rings. The lowest BCUT2D eigenvalue weighted by Crippen LogP contribution is -2.45. The van der Waals surface area contributed by atoms with Crippen LogP contribution in [0.4, 0.5) is 15.8 Å². The molecular formula is C20H27FN2O2. The van der Waals surface area contributed by atoms with Crippen LogP contribution in [0.25, 0.3) is 0 Å². The summed E-state index contributed by atoms with van der Waals surface area (Å²) in [6.07, 6.45) is 4.90. The van der Waals surface area contributed by atoms with Gasteiger partial charge in [-0.05, 0) is 38.8 Å². The highest BCUT2D eigenvalue weighted by Crippen LogP contribution is 2.51. The van der Waals surface area contributed by atoms with Crippen LogP contribution in [0.2, 0.25) is 0 Å². The fraction of sp³-hybridized carbons (Fsp3) is 0.650. The van der Waals surface area contributed by atoms with E-state index < -0.39 is 5.41 Å². The topological polar surface area (TPSA) is 32.8 Å². The van der Waals surface area contributed by atoms with Crippen molar-refractivity contribution in [3.8, 4) is 0 Å². The predicted molar refractivity (Wildman–Crippen MR) is 96.8 cm³/mol. The molecule has 4 nitrogen and oxygen atoms in total. The Kier molecular flexibility index (Phi) is 4.02. The van der Waals surface area contributed by atoms with Crippen molar-refractivity contribution in [3.63, 3.8) is 0 Å². The van der Waals surface area contributed by atoms with Gasteiger partial charge in [-0.2, -0.15) is 0 Å². The molecule has 1 aromatic carbocycles. The van der Waals surface area contributed by atoms with Gasteiger partial charge in [0.15, 0.2) is 0 Å². The first-order chi connectivity index (χ1) is 11.9. The van der Waals surface area contributed by atoms with Crippen molar-refractivity contribution in [2.75, 3.05) is 29.9 Å². The summed E-state index contributed by atoms with van der Waals surface area (Å²) in [5, 5.41) is 0. The molecule has 0 bridgehead atoms. The second-order valence-electron chi connectivity index (χ2n) is 7.99. The molecule has 1 amide bonds. The summed E-state index contributed by atoms with van der Waals surface area (Å²) < 4.78 is 21.0. The molecular weight excluding hydrogens is 319 g/mol. The normalized spacial score (nSPS) is 28.6. The fourth-order valence-corrected chi connectivity index (χ4v) is 5.04. The van der Waals surface area contributed by atoms with Gasteiger partial charge in [-0.15, -0.1) is 0 Å². The smallest absolute Gasteiger partial charge is 0.237 e. The Labute approximate surface area is 148 Å². The molecule has 0 aromatic heterocycles. The van der Waals surface area contributed by atoms with Crippen molar-refractivity contribution in [1.82, 2.24) is 0 Å². The Hall–Kier alpha value is -1.62. The van der Waals surface area contributed by atoms with E-state index in [1.165, 1.54) is 0 Å². The minimum atomic E-state index is -0.628. The molecule has 2 atom stereocenters. The number of likely N-dealkylation sites (N-methyl/N-ethyl adjacent to an activating group) is 1. The number of carbonyl (C=O) groups is 1. The molecule has 25 heavy (non-hydrogen) atoms. The monoisotopic (exact) mass is 346 g/mol. The average Bonchev–Trinajstić information content (AvgIpc) is 2.77. The standard InChI is InChI=1S/C20H27FN2O2/c1-13-11-23(12-14(2)25-13)15-9-16(21)18-17(10-15)22(3)19(24)20(18)7-5-4-6-8-20/h9-10,13-14H,4-8,11-12H2,1-3H3/t13-,14+. The van der Waals surface area contributed by atoms with E-state index in [9.17, 15) is 4.79 Å². The third kappa shape index (κ3) is 2.55. The lowest BCUT2D eigenvalue weighted by atomic mass is 9.70. The Balaban J connectivity index is 1.76. The second-order valence-corrected chi connectivity index (χ2v) is 7.99. The lowest BCUT2D eigenvalue weighted by molar-refractivity contribution is -0.124. The van der Waals surface area contributed by atoms with Gasteiger partial charge >= 0.3 is 0 Å². The molecule has 0 radical (unpaired) electrons. The van der Waals surface area contributed by atoms with Crippen molar-refractivity contribution in [1.29, 1.82) is 0 Å². The first-order valence-corrected chi connectivity index (χ1v) is 9.45. The van der Waals surface area contributed by atoms with E-state index in [2.05, 4.69) is 4.90 Å². The summed E-state index contributed by atoms with van der Waals surface area (Å²) in [5.74, 6) is -0.152. The van der Waals surface area contributed by atoms with Crippen molar-refractivity contribution in [3.05, 3.63) is 23.5 Å². The predicted octanol–water partition coefficient (Wildman–Crippen LogP) is 3.62. The molecule has 3 aliphatic rings. The number of morpholine rings is 1.